The van der Waals surface area contributed by atoms with Crippen LogP contribution in [-0.2, 0) is 14.8 Å². The second-order valence-corrected chi connectivity index (χ2v) is 7.94. The second-order valence-electron chi connectivity index (χ2n) is 6.04. The SMILES string of the molecule is COCCCN1CCCN(S(=O)(=O)c2cc([N+](=O)[O-])ccc2OC)CC1. The van der Waals surface area contributed by atoms with Gasteiger partial charge in [0.15, 0.2) is 0 Å². The van der Waals surface area contributed by atoms with Crippen molar-refractivity contribution in [2.24, 2.45) is 0 Å². The average molecular weight is 387 g/mol. The molecule has 1 aromatic carbocycles. The normalized spacial score (nSPS) is 17.0. The molecule has 0 unspecified atom stereocenters. The smallest absolute Gasteiger partial charge is 0.271 e. The lowest BCUT2D eigenvalue weighted by Crippen LogP contribution is -2.35. The highest BCUT2D eigenvalue weighted by atomic mass is 32.2. The van der Waals surface area contributed by atoms with Crippen molar-refractivity contribution >= 4 is 15.7 Å². The van der Waals surface area contributed by atoms with Crippen LogP contribution < -0.4 is 4.74 Å². The molecular weight excluding hydrogens is 362 g/mol. The minimum Gasteiger partial charge on any atom is -0.495 e. The molecule has 26 heavy (non-hydrogen) atoms. The van der Waals surface area contributed by atoms with Crippen LogP contribution in [0.2, 0.25) is 0 Å². The van der Waals surface area contributed by atoms with E-state index in [-0.39, 0.29) is 16.3 Å². The highest BCUT2D eigenvalue weighted by molar-refractivity contribution is 7.89. The lowest BCUT2D eigenvalue weighted by Gasteiger charge is -2.22. The van der Waals surface area contributed by atoms with E-state index < -0.39 is 14.9 Å². The molecule has 1 heterocycles. The van der Waals surface area contributed by atoms with Crippen LogP contribution in [0.1, 0.15) is 12.8 Å². The first-order valence-corrected chi connectivity index (χ1v) is 9.88. The standard InChI is InChI=1S/C16H25N3O6S/c1-24-12-4-8-17-7-3-9-18(11-10-17)26(22,23)16-13-14(19(20)21)5-6-15(16)25-2/h5-6,13H,3-4,7-12H2,1-2H3. The highest BCUT2D eigenvalue weighted by Gasteiger charge is 2.31. The van der Waals surface area contributed by atoms with E-state index in [1.165, 1.54) is 23.5 Å². The molecule has 0 atom stereocenters. The van der Waals surface area contributed by atoms with E-state index in [0.29, 0.717) is 32.7 Å². The Bertz CT molecular complexity index is 725. The first kappa shape index (κ1) is 20.6. The monoisotopic (exact) mass is 387 g/mol. The van der Waals surface area contributed by atoms with Crippen LogP contribution in [0.3, 0.4) is 0 Å². The van der Waals surface area contributed by atoms with Gasteiger partial charge in [-0.15, -0.1) is 0 Å². The van der Waals surface area contributed by atoms with Crippen molar-refractivity contribution in [3.05, 3.63) is 28.3 Å². The number of rotatable bonds is 8. The number of nitrogens with zero attached hydrogens (tertiary/aromatic N) is 3. The number of methoxy groups -OCH3 is 2. The fourth-order valence-electron chi connectivity index (χ4n) is 2.96. The summed E-state index contributed by atoms with van der Waals surface area (Å²) in [5.74, 6) is 0.108. The van der Waals surface area contributed by atoms with Crippen molar-refractivity contribution in [3.63, 3.8) is 0 Å². The van der Waals surface area contributed by atoms with E-state index in [9.17, 15) is 18.5 Å². The molecule has 10 heteroatoms. The number of non-ortho nitro benzene ring substituents is 1. The molecule has 146 valence electrons. The van der Waals surface area contributed by atoms with Crippen molar-refractivity contribution in [1.82, 2.24) is 9.21 Å². The van der Waals surface area contributed by atoms with Gasteiger partial charge in [-0.05, 0) is 25.5 Å². The molecule has 0 amide bonds. The van der Waals surface area contributed by atoms with Crippen LogP contribution in [0.4, 0.5) is 5.69 Å². The van der Waals surface area contributed by atoms with Gasteiger partial charge in [-0.2, -0.15) is 4.31 Å². The number of hydrogen-bond donors (Lipinski definition) is 0. The van der Waals surface area contributed by atoms with Gasteiger partial charge in [0.2, 0.25) is 10.0 Å². The van der Waals surface area contributed by atoms with Crippen LogP contribution in [-0.4, -0.2) is 76.1 Å². The molecule has 0 radical (unpaired) electrons. The summed E-state index contributed by atoms with van der Waals surface area (Å²) in [6.07, 6.45) is 1.59. The van der Waals surface area contributed by atoms with Crippen LogP contribution >= 0.6 is 0 Å². The predicted molar refractivity (Wildman–Crippen MR) is 96.0 cm³/mol. The molecule has 9 nitrogen and oxygen atoms in total. The largest absolute Gasteiger partial charge is 0.495 e. The lowest BCUT2D eigenvalue weighted by atomic mass is 10.3. The van der Waals surface area contributed by atoms with E-state index in [4.69, 9.17) is 9.47 Å². The molecule has 0 saturated carbocycles. The topological polar surface area (TPSA) is 102 Å². The zero-order chi connectivity index (χ0) is 19.2. The maximum atomic E-state index is 13.0. The van der Waals surface area contributed by atoms with Gasteiger partial charge >= 0.3 is 0 Å². The molecule has 0 spiro atoms. The maximum Gasteiger partial charge on any atom is 0.271 e. The molecule has 2 rings (SSSR count). The third-order valence-corrected chi connectivity index (χ3v) is 6.27. The molecular formula is C16H25N3O6S. The summed E-state index contributed by atoms with van der Waals surface area (Å²) in [6.45, 7) is 3.64. The Kier molecular flexibility index (Phi) is 7.33. The van der Waals surface area contributed by atoms with Gasteiger partial charge in [-0.25, -0.2) is 8.42 Å². The van der Waals surface area contributed by atoms with Crippen molar-refractivity contribution in [1.29, 1.82) is 0 Å². The van der Waals surface area contributed by atoms with E-state index >= 15 is 0 Å². The van der Waals surface area contributed by atoms with E-state index in [1.54, 1.807) is 7.11 Å². The molecule has 0 bridgehead atoms. The van der Waals surface area contributed by atoms with E-state index in [1.807, 2.05) is 0 Å². The Morgan fingerprint density at radius 3 is 2.62 bits per heavy atom. The van der Waals surface area contributed by atoms with Crippen molar-refractivity contribution in [2.45, 2.75) is 17.7 Å². The first-order chi connectivity index (χ1) is 12.4. The molecule has 1 aliphatic rings. The van der Waals surface area contributed by atoms with Crippen molar-refractivity contribution in [2.75, 3.05) is 53.6 Å². The summed E-state index contributed by atoms with van der Waals surface area (Å²) >= 11 is 0. The molecule has 1 aliphatic heterocycles. The lowest BCUT2D eigenvalue weighted by molar-refractivity contribution is -0.385. The van der Waals surface area contributed by atoms with Gasteiger partial charge in [0.05, 0.1) is 12.0 Å². The highest BCUT2D eigenvalue weighted by Crippen LogP contribution is 2.31. The van der Waals surface area contributed by atoms with Gasteiger partial charge in [-0.3, -0.25) is 10.1 Å². The molecule has 1 saturated heterocycles. The van der Waals surface area contributed by atoms with Crippen LogP contribution in [0.15, 0.2) is 23.1 Å². The summed E-state index contributed by atoms with van der Waals surface area (Å²) in [6, 6.07) is 3.62. The van der Waals surface area contributed by atoms with Gasteiger partial charge in [-0.1, -0.05) is 0 Å². The number of hydrogen-bond acceptors (Lipinski definition) is 7. The third-order valence-electron chi connectivity index (χ3n) is 4.35. The molecule has 1 aromatic rings. The van der Waals surface area contributed by atoms with Gasteiger partial charge in [0.25, 0.3) is 5.69 Å². The van der Waals surface area contributed by atoms with Crippen LogP contribution in [0.25, 0.3) is 0 Å². The minimum absolute atomic E-state index is 0.108. The minimum atomic E-state index is -3.88. The zero-order valence-corrected chi connectivity index (χ0v) is 15.9. The van der Waals surface area contributed by atoms with Gasteiger partial charge in [0, 0.05) is 52.0 Å². The fourth-order valence-corrected chi connectivity index (χ4v) is 4.61. The average Bonchev–Trinajstić information content (AvgIpc) is 2.87. The van der Waals surface area contributed by atoms with E-state index in [0.717, 1.165) is 25.6 Å². The summed E-state index contributed by atoms with van der Waals surface area (Å²) in [5.41, 5.74) is -0.277. The van der Waals surface area contributed by atoms with E-state index in [2.05, 4.69) is 4.90 Å². The predicted octanol–water partition coefficient (Wildman–Crippen LogP) is 1.34. The number of sulfonamides is 1. The summed E-state index contributed by atoms with van der Waals surface area (Å²) in [7, 11) is -0.877. The van der Waals surface area contributed by atoms with Crippen LogP contribution in [0.5, 0.6) is 5.75 Å². The maximum absolute atomic E-state index is 13.0. The Hall–Kier alpha value is -1.75. The van der Waals surface area contributed by atoms with Gasteiger partial charge < -0.3 is 14.4 Å². The second kappa shape index (κ2) is 9.26. The Morgan fingerprint density at radius 2 is 1.96 bits per heavy atom. The summed E-state index contributed by atoms with van der Waals surface area (Å²) in [4.78, 5) is 12.4. The number of benzene rings is 1. The molecule has 1 fully saturated rings. The summed E-state index contributed by atoms with van der Waals surface area (Å²) in [5, 5.41) is 11.0. The molecule has 0 N–H and O–H groups in total. The zero-order valence-electron chi connectivity index (χ0n) is 15.1. The fraction of sp³-hybridized carbons (Fsp3) is 0.625. The Labute approximate surface area is 153 Å². The summed E-state index contributed by atoms with van der Waals surface area (Å²) < 4.78 is 37.6. The van der Waals surface area contributed by atoms with Crippen molar-refractivity contribution < 1.29 is 22.8 Å². The van der Waals surface area contributed by atoms with Crippen LogP contribution in [0, 0.1) is 10.1 Å². The quantitative estimate of drug-likeness (QED) is 0.377. The third kappa shape index (κ3) is 4.91. The molecule has 0 aromatic heterocycles. The Balaban J connectivity index is 2.19. The number of ether oxygens (including phenoxy) is 2. The van der Waals surface area contributed by atoms with Gasteiger partial charge in [0.1, 0.15) is 10.6 Å². The number of nitro groups is 1. The number of nitro benzene ring substituents is 1. The Morgan fingerprint density at radius 1 is 1.19 bits per heavy atom. The first-order valence-electron chi connectivity index (χ1n) is 8.44. The molecule has 0 aliphatic carbocycles. The van der Waals surface area contributed by atoms with Crippen molar-refractivity contribution in [3.8, 4) is 5.75 Å².